The lowest BCUT2D eigenvalue weighted by Gasteiger charge is -2.14. The van der Waals surface area contributed by atoms with Crippen molar-refractivity contribution in [2.75, 3.05) is 36.2 Å². The largest absolute Gasteiger partial charge is 0.458 e. The molecule has 0 saturated carbocycles. The van der Waals surface area contributed by atoms with Gasteiger partial charge >= 0.3 is 11.9 Å². The van der Waals surface area contributed by atoms with E-state index in [9.17, 15) is 38.4 Å². The molecular formula is C38H46N4O10S2. The highest BCUT2D eigenvalue weighted by Crippen LogP contribution is 2.25. The number of esters is 2. The smallest absolute Gasteiger partial charge is 0.338 e. The molecule has 0 aromatic heterocycles. The molecule has 2 aromatic carbocycles. The van der Waals surface area contributed by atoms with E-state index in [2.05, 4.69) is 24.7 Å². The first kappa shape index (κ1) is 42.0. The Labute approximate surface area is 322 Å². The van der Waals surface area contributed by atoms with Crippen LogP contribution in [0.1, 0.15) is 140 Å². The van der Waals surface area contributed by atoms with E-state index in [0.29, 0.717) is 21.5 Å². The molecule has 54 heavy (non-hydrogen) atoms. The number of nitrogens with one attached hydrogen (secondary N) is 2. The zero-order valence-corrected chi connectivity index (χ0v) is 32.2. The van der Waals surface area contributed by atoms with Crippen molar-refractivity contribution >= 4 is 70.9 Å². The predicted molar refractivity (Wildman–Crippen MR) is 203 cm³/mol. The second-order valence-electron chi connectivity index (χ2n) is 12.6. The van der Waals surface area contributed by atoms with Crippen molar-refractivity contribution in [3.63, 3.8) is 0 Å². The van der Waals surface area contributed by atoms with Crippen LogP contribution in [-0.2, 0) is 19.1 Å². The molecule has 0 bridgehead atoms. The van der Waals surface area contributed by atoms with Crippen molar-refractivity contribution in [3.05, 3.63) is 69.8 Å². The maximum absolute atomic E-state index is 12.9. The number of unbranched alkanes of at least 4 members (excludes halogenated alkanes) is 6. The van der Waals surface area contributed by atoms with Crippen molar-refractivity contribution in [1.29, 1.82) is 0 Å². The molecule has 0 unspecified atom stereocenters. The van der Waals surface area contributed by atoms with Crippen LogP contribution in [0.15, 0.2) is 36.4 Å². The first-order valence-corrected chi connectivity index (χ1v) is 20.5. The fourth-order valence-electron chi connectivity index (χ4n) is 5.53. The Morgan fingerprint density at radius 3 is 1.31 bits per heavy atom. The molecule has 290 valence electrons. The number of hydrazine groups is 2. The molecule has 6 amide bonds. The molecule has 2 aliphatic heterocycles. The number of carbonyl (C=O) groups excluding carboxylic acids is 8. The van der Waals surface area contributed by atoms with Gasteiger partial charge in [0.1, 0.15) is 13.2 Å². The van der Waals surface area contributed by atoms with Gasteiger partial charge in [-0.1, -0.05) is 52.4 Å². The first-order valence-electron chi connectivity index (χ1n) is 18.2. The topological polar surface area (TPSA) is 186 Å². The van der Waals surface area contributed by atoms with Crippen LogP contribution in [0.25, 0.3) is 0 Å². The minimum Gasteiger partial charge on any atom is -0.458 e. The number of imide groups is 2. The summed E-state index contributed by atoms with van der Waals surface area (Å²) in [5, 5.41) is 1.28. The Balaban J connectivity index is 1.20. The zero-order valence-electron chi connectivity index (χ0n) is 30.6. The van der Waals surface area contributed by atoms with E-state index in [4.69, 9.17) is 9.47 Å². The van der Waals surface area contributed by atoms with Crippen molar-refractivity contribution in [2.45, 2.75) is 78.1 Å². The van der Waals surface area contributed by atoms with Gasteiger partial charge in [-0.15, -0.1) is 0 Å². The molecule has 0 radical (unpaired) electrons. The Morgan fingerprint density at radius 1 is 0.537 bits per heavy atom. The number of hydrogen-bond donors (Lipinski definition) is 2. The number of amides is 6. The third-order valence-electron chi connectivity index (χ3n) is 8.50. The summed E-state index contributed by atoms with van der Waals surface area (Å²) in [6.45, 7) is 3.56. The summed E-state index contributed by atoms with van der Waals surface area (Å²) in [4.78, 5) is 102. The SMILES string of the molecule is CCCCCCSCCC(=O)NN1C(=O)c2ccc(C(=O)OCCOC(=O)c3ccc4c(c3)C(=O)N(NC(=O)CCSCCCCCC)C4=O)cc2C1=O. The molecule has 2 aromatic rings. The lowest BCUT2D eigenvalue weighted by Crippen LogP contribution is -2.46. The van der Waals surface area contributed by atoms with Gasteiger partial charge in [-0.05, 0) is 60.7 Å². The van der Waals surface area contributed by atoms with Crippen LogP contribution in [0, 0.1) is 0 Å². The highest BCUT2D eigenvalue weighted by molar-refractivity contribution is 7.99. The first-order chi connectivity index (χ1) is 26.1. The number of hydrogen-bond acceptors (Lipinski definition) is 12. The van der Waals surface area contributed by atoms with Crippen molar-refractivity contribution < 1.29 is 47.8 Å². The normalized spacial score (nSPS) is 13.2. The molecule has 2 heterocycles. The standard InChI is InChI=1S/C38H46N4O10S2/c1-3-5-7-9-19-53-21-15-31(43)39-41-33(45)27-13-11-25(23-29(27)35(41)47)37(49)51-17-18-52-38(50)26-12-14-28-30(24-26)36(48)42(34(28)46)40-32(44)16-22-54-20-10-8-6-4-2/h11-14,23-24H,3-10,15-22H2,1-2H3,(H,39,43)(H,40,44). The number of carbonyl (C=O) groups is 8. The van der Waals surface area contributed by atoms with Crippen LogP contribution in [0.4, 0.5) is 0 Å². The van der Waals surface area contributed by atoms with Crippen LogP contribution in [0.3, 0.4) is 0 Å². The summed E-state index contributed by atoms with van der Waals surface area (Å²) in [5.74, 6) is -2.64. The number of rotatable bonds is 23. The van der Waals surface area contributed by atoms with Gasteiger partial charge in [0, 0.05) is 24.3 Å². The fourth-order valence-corrected chi connectivity index (χ4v) is 7.42. The van der Waals surface area contributed by atoms with Crippen LogP contribution in [0.2, 0.25) is 0 Å². The van der Waals surface area contributed by atoms with Crippen LogP contribution >= 0.6 is 23.5 Å². The second kappa shape index (κ2) is 21.3. The third kappa shape index (κ3) is 11.4. The van der Waals surface area contributed by atoms with E-state index in [0.717, 1.165) is 50.0 Å². The maximum Gasteiger partial charge on any atom is 0.338 e. The van der Waals surface area contributed by atoms with E-state index >= 15 is 0 Å². The van der Waals surface area contributed by atoms with Crippen molar-refractivity contribution in [3.8, 4) is 0 Å². The van der Waals surface area contributed by atoms with Crippen molar-refractivity contribution in [2.24, 2.45) is 0 Å². The van der Waals surface area contributed by atoms with Gasteiger partial charge in [-0.2, -0.15) is 33.5 Å². The maximum atomic E-state index is 12.9. The number of ether oxygens (including phenoxy) is 2. The molecule has 2 aliphatic rings. The molecule has 0 atom stereocenters. The van der Waals surface area contributed by atoms with E-state index in [1.807, 2.05) is 0 Å². The minimum atomic E-state index is -0.845. The number of nitrogens with zero attached hydrogens (tertiary/aromatic N) is 2. The molecule has 0 aliphatic carbocycles. The van der Waals surface area contributed by atoms with E-state index in [1.165, 1.54) is 49.2 Å². The van der Waals surface area contributed by atoms with Gasteiger partial charge in [0.05, 0.1) is 33.4 Å². The quantitative estimate of drug-likeness (QED) is 0.0837. The van der Waals surface area contributed by atoms with E-state index in [-0.39, 0.29) is 59.4 Å². The molecular weight excluding hydrogens is 737 g/mol. The Kier molecular flexibility index (Phi) is 16.6. The average Bonchev–Trinajstić information content (AvgIpc) is 3.54. The highest BCUT2D eigenvalue weighted by atomic mass is 32.2. The van der Waals surface area contributed by atoms with Gasteiger partial charge in [0.15, 0.2) is 0 Å². The number of thioether (sulfide) groups is 2. The summed E-state index contributed by atoms with van der Waals surface area (Å²) in [7, 11) is 0. The van der Waals surface area contributed by atoms with Crippen molar-refractivity contribution in [1.82, 2.24) is 20.9 Å². The Morgan fingerprint density at radius 2 is 0.926 bits per heavy atom. The zero-order chi connectivity index (χ0) is 39.0. The summed E-state index contributed by atoms with van der Waals surface area (Å²) in [6.07, 6.45) is 9.32. The average molecular weight is 783 g/mol. The lowest BCUT2D eigenvalue weighted by atomic mass is 10.1. The van der Waals surface area contributed by atoms with E-state index in [1.54, 1.807) is 23.5 Å². The van der Waals surface area contributed by atoms with E-state index < -0.39 is 47.4 Å². The second-order valence-corrected chi connectivity index (χ2v) is 15.0. The molecule has 14 nitrogen and oxygen atoms in total. The Bertz CT molecular complexity index is 1620. The molecule has 0 fully saturated rings. The minimum absolute atomic E-state index is 0.0266. The highest BCUT2D eigenvalue weighted by Gasteiger charge is 2.39. The van der Waals surface area contributed by atoms with Gasteiger partial charge in [0.25, 0.3) is 23.6 Å². The monoisotopic (exact) mass is 782 g/mol. The molecule has 16 heteroatoms. The summed E-state index contributed by atoms with van der Waals surface area (Å²) < 4.78 is 10.4. The van der Waals surface area contributed by atoms with Gasteiger partial charge < -0.3 is 9.47 Å². The van der Waals surface area contributed by atoms with Gasteiger partial charge in [0.2, 0.25) is 11.8 Å². The molecule has 4 rings (SSSR count). The Hall–Kier alpha value is -4.70. The van der Waals surface area contributed by atoms with Gasteiger partial charge in [-0.25, -0.2) is 9.59 Å². The number of fused-ring (bicyclic) bond motifs is 2. The molecule has 0 spiro atoms. The summed E-state index contributed by atoms with van der Waals surface area (Å²) >= 11 is 3.27. The van der Waals surface area contributed by atoms with Crippen LogP contribution in [0.5, 0.6) is 0 Å². The molecule has 2 N–H and O–H groups in total. The molecule has 0 saturated heterocycles. The predicted octanol–water partition coefficient (Wildman–Crippen LogP) is 5.36. The van der Waals surface area contributed by atoms with Crippen LogP contribution in [-0.4, -0.2) is 93.6 Å². The summed E-state index contributed by atoms with van der Waals surface area (Å²) in [6, 6.07) is 7.61. The van der Waals surface area contributed by atoms with Gasteiger partial charge in [-0.3, -0.25) is 39.6 Å². The number of benzene rings is 2. The lowest BCUT2D eigenvalue weighted by molar-refractivity contribution is -0.124. The summed E-state index contributed by atoms with van der Waals surface area (Å²) in [5.41, 5.74) is 4.56. The van der Waals surface area contributed by atoms with Crippen LogP contribution < -0.4 is 10.9 Å². The third-order valence-corrected chi connectivity index (χ3v) is 10.6. The fraction of sp³-hybridized carbons (Fsp3) is 0.474.